The Morgan fingerprint density at radius 3 is 2.82 bits per heavy atom. The molecular weight excluding hydrogens is 357 g/mol. The predicted molar refractivity (Wildman–Crippen MR) is 108 cm³/mol. The summed E-state index contributed by atoms with van der Waals surface area (Å²) in [5.74, 6) is 0.548. The first kappa shape index (κ1) is 18.7. The number of piperidine rings is 1. The van der Waals surface area contributed by atoms with E-state index in [2.05, 4.69) is 46.5 Å². The molecule has 0 aliphatic carbocycles. The standard InChI is InChI=1S/C20H26FN7/c1-19(2,3)28-11-14(10-26-28)15-9-16-17(24-8-7-23-16)18(27-15)25-13-20(21)5-4-6-22-12-20/h7-11,22H,4-6,12-13H2,1-3H3,(H,25,27)/t20-/m0/s1. The van der Waals surface area contributed by atoms with Gasteiger partial charge >= 0.3 is 0 Å². The van der Waals surface area contributed by atoms with Crippen LogP contribution in [-0.2, 0) is 5.54 Å². The molecule has 0 bridgehead atoms. The van der Waals surface area contributed by atoms with Crippen LogP contribution in [-0.4, -0.2) is 50.0 Å². The van der Waals surface area contributed by atoms with Crippen molar-refractivity contribution >= 4 is 16.9 Å². The molecule has 28 heavy (non-hydrogen) atoms. The Bertz CT molecular complexity index is 970. The Hall–Kier alpha value is -2.61. The number of hydrogen-bond donors (Lipinski definition) is 2. The van der Waals surface area contributed by atoms with E-state index in [1.54, 1.807) is 18.6 Å². The van der Waals surface area contributed by atoms with Crippen molar-refractivity contribution in [2.24, 2.45) is 0 Å². The molecule has 1 atom stereocenters. The first-order chi connectivity index (χ1) is 13.3. The second-order valence-corrected chi connectivity index (χ2v) is 8.41. The molecule has 7 nitrogen and oxygen atoms in total. The lowest BCUT2D eigenvalue weighted by Crippen LogP contribution is -2.46. The van der Waals surface area contributed by atoms with Crippen molar-refractivity contribution in [2.75, 3.05) is 25.0 Å². The Labute approximate surface area is 163 Å². The molecule has 1 saturated heterocycles. The molecule has 4 rings (SSSR count). The normalized spacial score (nSPS) is 20.4. The van der Waals surface area contributed by atoms with Gasteiger partial charge in [-0.2, -0.15) is 5.10 Å². The number of nitrogens with one attached hydrogen (secondary N) is 2. The van der Waals surface area contributed by atoms with Crippen LogP contribution in [0.3, 0.4) is 0 Å². The minimum absolute atomic E-state index is 0.120. The first-order valence-electron chi connectivity index (χ1n) is 9.65. The number of alkyl halides is 1. The highest BCUT2D eigenvalue weighted by atomic mass is 19.1. The van der Waals surface area contributed by atoms with E-state index in [4.69, 9.17) is 4.98 Å². The van der Waals surface area contributed by atoms with Gasteiger partial charge in [0.1, 0.15) is 11.2 Å². The number of aromatic nitrogens is 5. The molecule has 148 valence electrons. The molecule has 3 aromatic rings. The summed E-state index contributed by atoms with van der Waals surface area (Å²) in [5, 5.41) is 10.8. The Morgan fingerprint density at radius 2 is 2.11 bits per heavy atom. The van der Waals surface area contributed by atoms with Crippen molar-refractivity contribution in [1.29, 1.82) is 0 Å². The Morgan fingerprint density at radius 1 is 1.29 bits per heavy atom. The zero-order valence-electron chi connectivity index (χ0n) is 16.5. The Balaban J connectivity index is 1.68. The van der Waals surface area contributed by atoms with Crippen LogP contribution in [0.2, 0.25) is 0 Å². The Kier molecular flexibility index (Phi) is 4.74. The molecule has 0 spiro atoms. The number of anilines is 1. The van der Waals surface area contributed by atoms with Gasteiger partial charge in [-0.3, -0.25) is 9.67 Å². The molecule has 0 radical (unpaired) electrons. The van der Waals surface area contributed by atoms with Gasteiger partial charge in [-0.05, 0) is 46.2 Å². The van der Waals surface area contributed by atoms with Crippen molar-refractivity contribution in [1.82, 2.24) is 30.0 Å². The van der Waals surface area contributed by atoms with Gasteiger partial charge in [0.05, 0.1) is 29.5 Å². The van der Waals surface area contributed by atoms with E-state index in [-0.39, 0.29) is 12.1 Å². The lowest BCUT2D eigenvalue weighted by Gasteiger charge is -2.30. The van der Waals surface area contributed by atoms with E-state index < -0.39 is 5.67 Å². The molecule has 1 fully saturated rings. The molecule has 1 aliphatic rings. The minimum Gasteiger partial charge on any atom is -0.365 e. The summed E-state index contributed by atoms with van der Waals surface area (Å²) in [6.45, 7) is 7.68. The molecule has 3 aromatic heterocycles. The van der Waals surface area contributed by atoms with Gasteiger partial charge in [-0.25, -0.2) is 14.4 Å². The SMILES string of the molecule is CC(C)(C)n1cc(-c2cc3nccnc3c(NC[C@]3(F)CCCNC3)n2)cn1. The van der Waals surface area contributed by atoms with E-state index in [1.807, 2.05) is 16.9 Å². The summed E-state index contributed by atoms with van der Waals surface area (Å²) in [4.78, 5) is 13.5. The molecule has 4 heterocycles. The fraction of sp³-hybridized carbons (Fsp3) is 0.500. The van der Waals surface area contributed by atoms with Gasteiger partial charge in [0, 0.05) is 30.7 Å². The number of hydrogen-bond acceptors (Lipinski definition) is 6. The highest BCUT2D eigenvalue weighted by Crippen LogP contribution is 2.28. The first-order valence-corrected chi connectivity index (χ1v) is 9.65. The summed E-state index contributed by atoms with van der Waals surface area (Å²) in [6.07, 6.45) is 8.40. The quantitative estimate of drug-likeness (QED) is 0.720. The third-order valence-corrected chi connectivity index (χ3v) is 5.02. The summed E-state index contributed by atoms with van der Waals surface area (Å²) >= 11 is 0. The van der Waals surface area contributed by atoms with E-state index >= 15 is 4.39 Å². The van der Waals surface area contributed by atoms with E-state index in [1.165, 1.54) is 0 Å². The number of halogens is 1. The van der Waals surface area contributed by atoms with Crippen LogP contribution in [0.4, 0.5) is 10.2 Å². The monoisotopic (exact) mass is 383 g/mol. The summed E-state index contributed by atoms with van der Waals surface area (Å²) in [5.41, 5.74) is 1.57. The number of rotatable bonds is 4. The number of fused-ring (bicyclic) bond motifs is 1. The fourth-order valence-corrected chi connectivity index (χ4v) is 3.39. The van der Waals surface area contributed by atoms with Crippen molar-refractivity contribution in [3.05, 3.63) is 30.9 Å². The van der Waals surface area contributed by atoms with Gasteiger partial charge in [-0.15, -0.1) is 0 Å². The topological polar surface area (TPSA) is 80.5 Å². The predicted octanol–water partition coefficient (Wildman–Crippen LogP) is 3.15. The third-order valence-electron chi connectivity index (χ3n) is 5.02. The van der Waals surface area contributed by atoms with Crippen LogP contribution in [0.25, 0.3) is 22.3 Å². The lowest BCUT2D eigenvalue weighted by atomic mass is 9.96. The zero-order chi connectivity index (χ0) is 19.8. The molecule has 0 unspecified atom stereocenters. The van der Waals surface area contributed by atoms with Crippen molar-refractivity contribution in [2.45, 2.75) is 44.8 Å². The largest absolute Gasteiger partial charge is 0.365 e. The second kappa shape index (κ2) is 7.09. The second-order valence-electron chi connectivity index (χ2n) is 8.41. The van der Waals surface area contributed by atoms with Crippen molar-refractivity contribution < 1.29 is 4.39 Å². The van der Waals surface area contributed by atoms with Gasteiger partial charge in [0.15, 0.2) is 5.82 Å². The van der Waals surface area contributed by atoms with Gasteiger partial charge in [0.25, 0.3) is 0 Å². The fourth-order valence-electron chi connectivity index (χ4n) is 3.39. The molecule has 2 N–H and O–H groups in total. The smallest absolute Gasteiger partial charge is 0.155 e. The molecule has 0 saturated carbocycles. The maximum absolute atomic E-state index is 15.0. The molecule has 8 heteroatoms. The molecular formula is C20H26FN7. The van der Waals surface area contributed by atoms with Gasteiger partial charge < -0.3 is 10.6 Å². The van der Waals surface area contributed by atoms with Crippen LogP contribution < -0.4 is 10.6 Å². The van der Waals surface area contributed by atoms with Crippen LogP contribution in [0.15, 0.2) is 30.9 Å². The highest BCUT2D eigenvalue weighted by Gasteiger charge is 2.31. The average Bonchev–Trinajstić information content (AvgIpc) is 3.17. The number of pyridine rings is 1. The van der Waals surface area contributed by atoms with Crippen LogP contribution in [0.5, 0.6) is 0 Å². The lowest BCUT2D eigenvalue weighted by molar-refractivity contribution is 0.137. The maximum Gasteiger partial charge on any atom is 0.155 e. The summed E-state index contributed by atoms with van der Waals surface area (Å²) < 4.78 is 16.9. The number of nitrogens with zero attached hydrogens (tertiary/aromatic N) is 5. The molecule has 1 aliphatic heterocycles. The van der Waals surface area contributed by atoms with Crippen LogP contribution >= 0.6 is 0 Å². The minimum atomic E-state index is -1.29. The van der Waals surface area contributed by atoms with Gasteiger partial charge in [0.2, 0.25) is 0 Å². The third kappa shape index (κ3) is 3.82. The van der Waals surface area contributed by atoms with Crippen LogP contribution in [0, 0.1) is 0 Å². The van der Waals surface area contributed by atoms with E-state index in [9.17, 15) is 0 Å². The maximum atomic E-state index is 15.0. The van der Waals surface area contributed by atoms with E-state index in [0.717, 1.165) is 24.2 Å². The van der Waals surface area contributed by atoms with E-state index in [0.29, 0.717) is 29.8 Å². The van der Waals surface area contributed by atoms with Crippen LogP contribution in [0.1, 0.15) is 33.6 Å². The summed E-state index contributed by atoms with van der Waals surface area (Å²) in [7, 11) is 0. The highest BCUT2D eigenvalue weighted by molar-refractivity contribution is 5.88. The van der Waals surface area contributed by atoms with Crippen molar-refractivity contribution in [3.8, 4) is 11.3 Å². The van der Waals surface area contributed by atoms with Crippen molar-refractivity contribution in [3.63, 3.8) is 0 Å². The van der Waals surface area contributed by atoms with Gasteiger partial charge in [-0.1, -0.05) is 0 Å². The summed E-state index contributed by atoms with van der Waals surface area (Å²) in [6, 6.07) is 1.89. The average molecular weight is 383 g/mol. The zero-order valence-corrected chi connectivity index (χ0v) is 16.5. The molecule has 0 aromatic carbocycles. The molecule has 0 amide bonds.